The molecule has 32 heavy (non-hydrogen) atoms. The highest BCUT2D eigenvalue weighted by Gasteiger charge is 2.29. The van der Waals surface area contributed by atoms with Crippen molar-refractivity contribution < 1.29 is 21.6 Å². The first-order chi connectivity index (χ1) is 15.1. The van der Waals surface area contributed by atoms with Gasteiger partial charge in [-0.05, 0) is 98.7 Å². The van der Waals surface area contributed by atoms with E-state index < -0.39 is 33.3 Å². The van der Waals surface area contributed by atoms with E-state index in [0.717, 1.165) is 37.9 Å². The zero-order valence-electron chi connectivity index (χ0n) is 17.8. The third-order valence-electron chi connectivity index (χ3n) is 5.42. The van der Waals surface area contributed by atoms with Crippen molar-refractivity contribution >= 4 is 49.9 Å². The van der Waals surface area contributed by atoms with Crippen LogP contribution >= 0.6 is 22.6 Å². The topological polar surface area (TPSA) is 64.7 Å². The highest BCUT2D eigenvalue weighted by atomic mass is 127. The minimum Gasteiger partial charge on any atom is -0.349 e. The molecule has 1 aliphatic rings. The SMILES string of the molecule is CN(C)CCC1CCN(S(=O)(=O)Nc2ccc(F)c(F)c2Nc2ccc(I)cc2F)CC1. The van der Waals surface area contributed by atoms with Gasteiger partial charge in [0.15, 0.2) is 11.6 Å². The van der Waals surface area contributed by atoms with E-state index in [1.165, 1.54) is 16.4 Å². The molecule has 0 amide bonds. The summed E-state index contributed by atoms with van der Waals surface area (Å²) < 4.78 is 72.8. The van der Waals surface area contributed by atoms with Crippen molar-refractivity contribution in [3.8, 4) is 0 Å². The largest absolute Gasteiger partial charge is 0.349 e. The third kappa shape index (κ3) is 6.27. The second kappa shape index (κ2) is 10.6. The van der Waals surface area contributed by atoms with Crippen LogP contribution in [0.3, 0.4) is 0 Å². The molecule has 0 spiro atoms. The van der Waals surface area contributed by atoms with Gasteiger partial charge in [0, 0.05) is 16.7 Å². The highest BCUT2D eigenvalue weighted by Crippen LogP contribution is 2.33. The molecular formula is C21H26F3IN4O2S. The van der Waals surface area contributed by atoms with Gasteiger partial charge in [-0.15, -0.1) is 0 Å². The van der Waals surface area contributed by atoms with E-state index in [1.807, 2.05) is 36.7 Å². The van der Waals surface area contributed by atoms with E-state index in [0.29, 0.717) is 22.6 Å². The molecule has 0 unspecified atom stereocenters. The molecule has 1 fully saturated rings. The first kappa shape index (κ1) is 25.1. The lowest BCUT2D eigenvalue weighted by Gasteiger charge is -2.32. The Morgan fingerprint density at radius 3 is 2.34 bits per heavy atom. The monoisotopic (exact) mass is 582 g/mol. The van der Waals surface area contributed by atoms with Gasteiger partial charge in [0.05, 0.1) is 11.4 Å². The number of benzene rings is 2. The molecule has 0 bridgehead atoms. The Hall–Kier alpha value is -1.57. The molecule has 1 saturated heterocycles. The molecule has 11 heteroatoms. The van der Waals surface area contributed by atoms with Crippen LogP contribution in [0.2, 0.25) is 0 Å². The number of anilines is 3. The minimum atomic E-state index is -4.00. The lowest BCUT2D eigenvalue weighted by atomic mass is 9.94. The fraction of sp³-hybridized carbons (Fsp3) is 0.429. The van der Waals surface area contributed by atoms with Crippen molar-refractivity contribution in [3.63, 3.8) is 0 Å². The van der Waals surface area contributed by atoms with Crippen LogP contribution in [0.4, 0.5) is 30.2 Å². The van der Waals surface area contributed by atoms with Crippen molar-refractivity contribution in [2.45, 2.75) is 19.3 Å². The molecule has 2 aromatic carbocycles. The average molecular weight is 582 g/mol. The van der Waals surface area contributed by atoms with Gasteiger partial charge in [-0.3, -0.25) is 4.72 Å². The number of halogens is 4. The number of rotatable bonds is 8. The van der Waals surface area contributed by atoms with Crippen LogP contribution in [0, 0.1) is 26.9 Å². The van der Waals surface area contributed by atoms with Crippen LogP contribution in [-0.4, -0.2) is 51.4 Å². The maximum absolute atomic E-state index is 14.6. The van der Waals surface area contributed by atoms with Crippen molar-refractivity contribution in [1.82, 2.24) is 9.21 Å². The van der Waals surface area contributed by atoms with Crippen molar-refractivity contribution in [2.24, 2.45) is 5.92 Å². The molecule has 2 aromatic rings. The molecular weight excluding hydrogens is 556 g/mol. The number of piperidine rings is 1. The summed E-state index contributed by atoms with van der Waals surface area (Å²) in [5, 5.41) is 2.49. The second-order valence-corrected chi connectivity index (χ2v) is 11.0. The van der Waals surface area contributed by atoms with Gasteiger partial charge in [-0.1, -0.05) is 0 Å². The fourth-order valence-corrected chi connectivity index (χ4v) is 5.29. The summed E-state index contributed by atoms with van der Waals surface area (Å²) in [4.78, 5) is 2.10. The molecule has 3 rings (SSSR count). The summed E-state index contributed by atoms with van der Waals surface area (Å²) in [5.74, 6) is -2.71. The molecule has 0 saturated carbocycles. The summed E-state index contributed by atoms with van der Waals surface area (Å²) in [6.07, 6.45) is 2.45. The lowest BCUT2D eigenvalue weighted by molar-refractivity contribution is 0.244. The van der Waals surface area contributed by atoms with Gasteiger partial charge in [0.1, 0.15) is 11.5 Å². The normalized spacial score (nSPS) is 15.8. The summed E-state index contributed by atoms with van der Waals surface area (Å²) in [6, 6.07) is 6.14. The first-order valence-electron chi connectivity index (χ1n) is 10.2. The zero-order chi connectivity index (χ0) is 23.5. The average Bonchev–Trinajstić information content (AvgIpc) is 2.73. The molecule has 0 aliphatic carbocycles. The summed E-state index contributed by atoms with van der Waals surface area (Å²) >= 11 is 1.92. The smallest absolute Gasteiger partial charge is 0.301 e. The van der Waals surface area contributed by atoms with Crippen LogP contribution in [0.25, 0.3) is 0 Å². The zero-order valence-corrected chi connectivity index (χ0v) is 20.8. The predicted octanol–water partition coefficient (Wildman–Crippen LogP) is 4.77. The molecule has 0 aromatic heterocycles. The predicted molar refractivity (Wildman–Crippen MR) is 129 cm³/mol. The molecule has 1 heterocycles. The molecule has 1 aliphatic heterocycles. The summed E-state index contributed by atoms with van der Waals surface area (Å²) in [7, 11) is -0.00534. The summed E-state index contributed by atoms with van der Waals surface area (Å²) in [5.41, 5.74) is -0.775. The Balaban J connectivity index is 1.77. The number of nitrogens with one attached hydrogen (secondary N) is 2. The quantitative estimate of drug-likeness (QED) is 0.441. The van der Waals surface area contributed by atoms with Crippen LogP contribution in [-0.2, 0) is 10.2 Å². The van der Waals surface area contributed by atoms with Crippen molar-refractivity contribution in [1.29, 1.82) is 0 Å². The second-order valence-electron chi connectivity index (χ2n) is 8.07. The number of nitrogens with zero attached hydrogens (tertiary/aromatic N) is 2. The Morgan fingerprint density at radius 2 is 1.72 bits per heavy atom. The summed E-state index contributed by atoms with van der Waals surface area (Å²) in [6.45, 7) is 1.62. The van der Waals surface area contributed by atoms with Crippen LogP contribution < -0.4 is 10.0 Å². The van der Waals surface area contributed by atoms with Gasteiger partial charge in [0.25, 0.3) is 0 Å². The van der Waals surface area contributed by atoms with E-state index >= 15 is 0 Å². The van der Waals surface area contributed by atoms with Crippen LogP contribution in [0.15, 0.2) is 30.3 Å². The van der Waals surface area contributed by atoms with Crippen LogP contribution in [0.1, 0.15) is 19.3 Å². The van der Waals surface area contributed by atoms with Gasteiger partial charge < -0.3 is 10.2 Å². The van der Waals surface area contributed by atoms with E-state index in [2.05, 4.69) is 14.9 Å². The van der Waals surface area contributed by atoms with Gasteiger partial charge >= 0.3 is 10.2 Å². The Labute approximate surface area is 200 Å². The van der Waals surface area contributed by atoms with Crippen molar-refractivity contribution in [3.05, 3.63) is 51.4 Å². The molecule has 176 valence electrons. The van der Waals surface area contributed by atoms with E-state index in [-0.39, 0.29) is 11.4 Å². The Bertz CT molecular complexity index is 1060. The standard InChI is InChI=1S/C21H26F3IN4O2S/c1-28(2)10-7-14-8-11-29(12-9-14)32(30,31)27-19-6-4-16(22)20(24)21(19)26-18-5-3-15(25)13-17(18)23/h3-6,13-14,26-27H,7-12H2,1-2H3. The van der Waals surface area contributed by atoms with Crippen molar-refractivity contribution in [2.75, 3.05) is 43.8 Å². The molecule has 0 atom stereocenters. The molecule has 0 radical (unpaired) electrons. The number of hydrogen-bond donors (Lipinski definition) is 2. The third-order valence-corrected chi connectivity index (χ3v) is 7.62. The minimum absolute atomic E-state index is 0.0999. The first-order valence-corrected chi connectivity index (χ1v) is 12.7. The van der Waals surface area contributed by atoms with E-state index in [1.54, 1.807) is 6.07 Å². The van der Waals surface area contributed by atoms with Gasteiger partial charge in [0.2, 0.25) is 0 Å². The Morgan fingerprint density at radius 1 is 1.06 bits per heavy atom. The van der Waals surface area contributed by atoms with Crippen LogP contribution in [0.5, 0.6) is 0 Å². The highest BCUT2D eigenvalue weighted by molar-refractivity contribution is 14.1. The fourth-order valence-electron chi connectivity index (χ4n) is 3.57. The Kier molecular flexibility index (Phi) is 8.28. The maximum atomic E-state index is 14.6. The van der Waals surface area contributed by atoms with E-state index in [9.17, 15) is 21.6 Å². The molecule has 6 nitrogen and oxygen atoms in total. The van der Waals surface area contributed by atoms with Gasteiger partial charge in [-0.2, -0.15) is 12.7 Å². The maximum Gasteiger partial charge on any atom is 0.301 e. The van der Waals surface area contributed by atoms with E-state index in [4.69, 9.17) is 0 Å². The number of hydrogen-bond acceptors (Lipinski definition) is 4. The van der Waals surface area contributed by atoms with Gasteiger partial charge in [-0.25, -0.2) is 13.2 Å². The lowest BCUT2D eigenvalue weighted by Crippen LogP contribution is -2.42. The molecule has 2 N–H and O–H groups in total.